The van der Waals surface area contributed by atoms with Crippen LogP contribution in [0.3, 0.4) is 0 Å². The molecule has 0 aliphatic carbocycles. The fraction of sp³-hybridized carbons (Fsp3) is 0.619. The van der Waals surface area contributed by atoms with Gasteiger partial charge in [0, 0.05) is 66.0 Å². The molecule has 9 nitrogen and oxygen atoms in total. The summed E-state index contributed by atoms with van der Waals surface area (Å²) >= 11 is 0. The average Bonchev–Trinajstić information content (AvgIpc) is 2.76. The van der Waals surface area contributed by atoms with Crippen LogP contribution >= 0.6 is 0 Å². The van der Waals surface area contributed by atoms with Gasteiger partial charge in [0.2, 0.25) is 5.91 Å². The summed E-state index contributed by atoms with van der Waals surface area (Å²) in [6.45, 7) is 5.55. The van der Waals surface area contributed by atoms with Gasteiger partial charge in [-0.05, 0) is 18.2 Å². The predicted octanol–water partition coefficient (Wildman–Crippen LogP) is 0.502. The zero-order chi connectivity index (χ0) is 21.9. The lowest BCUT2D eigenvalue weighted by Crippen LogP contribution is -2.52. The number of nitrogens with one attached hydrogen (secondary N) is 1. The first kappa shape index (κ1) is 23.8. The smallest absolute Gasteiger partial charge is 0.243 e. The standard InChI is InChI=1S/C21H35N5O4/c1-24(2)20(27)15-23-21(22-8-13-28-3)26-11-9-25(10-12-26)16-17-14-18(29-4)6-7-19(17)30-5/h6-7,14H,8-13,15-16H2,1-5H3,(H,22,23). The van der Waals surface area contributed by atoms with Gasteiger partial charge >= 0.3 is 0 Å². The first-order chi connectivity index (χ1) is 14.5. The van der Waals surface area contributed by atoms with E-state index in [1.165, 1.54) is 0 Å². The number of methoxy groups -OCH3 is 3. The van der Waals surface area contributed by atoms with Crippen LogP contribution in [0.25, 0.3) is 0 Å². The zero-order valence-corrected chi connectivity index (χ0v) is 18.8. The minimum atomic E-state index is -0.0233. The van der Waals surface area contributed by atoms with Crippen molar-refractivity contribution in [3.8, 4) is 11.5 Å². The van der Waals surface area contributed by atoms with Crippen LogP contribution < -0.4 is 14.8 Å². The Morgan fingerprint density at radius 1 is 1.13 bits per heavy atom. The van der Waals surface area contributed by atoms with Gasteiger partial charge in [0.1, 0.15) is 18.0 Å². The lowest BCUT2D eigenvalue weighted by molar-refractivity contribution is -0.127. The molecule has 1 aliphatic heterocycles. The van der Waals surface area contributed by atoms with Gasteiger partial charge in [-0.2, -0.15) is 0 Å². The molecule has 2 rings (SSSR count). The third-order valence-electron chi connectivity index (χ3n) is 5.01. The Balaban J connectivity index is 1.98. The maximum Gasteiger partial charge on any atom is 0.243 e. The second kappa shape index (κ2) is 12.2. The fourth-order valence-corrected chi connectivity index (χ4v) is 3.18. The number of piperazine rings is 1. The van der Waals surface area contributed by atoms with Gasteiger partial charge in [-0.15, -0.1) is 0 Å². The number of rotatable bonds is 9. The second-order valence-corrected chi connectivity index (χ2v) is 7.29. The largest absolute Gasteiger partial charge is 0.497 e. The van der Waals surface area contributed by atoms with Crippen LogP contribution in [-0.2, 0) is 16.1 Å². The number of aliphatic imine (C=N–C) groups is 1. The van der Waals surface area contributed by atoms with Crippen LogP contribution in [0.2, 0.25) is 0 Å². The Morgan fingerprint density at radius 2 is 1.87 bits per heavy atom. The van der Waals surface area contributed by atoms with Crippen molar-refractivity contribution in [1.82, 2.24) is 20.0 Å². The number of benzene rings is 1. The molecule has 1 aromatic carbocycles. The van der Waals surface area contributed by atoms with Crippen molar-refractivity contribution in [2.45, 2.75) is 6.54 Å². The highest BCUT2D eigenvalue weighted by atomic mass is 16.5. The van der Waals surface area contributed by atoms with E-state index in [1.54, 1.807) is 40.3 Å². The van der Waals surface area contributed by atoms with E-state index in [1.807, 2.05) is 18.2 Å². The number of amides is 1. The summed E-state index contributed by atoms with van der Waals surface area (Å²) < 4.78 is 16.0. The Morgan fingerprint density at radius 3 is 2.47 bits per heavy atom. The number of hydrogen-bond donors (Lipinski definition) is 1. The van der Waals surface area contributed by atoms with Crippen molar-refractivity contribution >= 4 is 11.9 Å². The number of likely N-dealkylation sites (N-methyl/N-ethyl adjacent to an activating group) is 1. The number of ether oxygens (including phenoxy) is 3. The number of carbonyl (C=O) groups is 1. The van der Waals surface area contributed by atoms with E-state index in [0.29, 0.717) is 13.2 Å². The van der Waals surface area contributed by atoms with Crippen LogP contribution in [-0.4, -0.2) is 108 Å². The van der Waals surface area contributed by atoms with Gasteiger partial charge in [-0.25, -0.2) is 4.99 Å². The highest BCUT2D eigenvalue weighted by Crippen LogP contribution is 2.25. The Bertz CT molecular complexity index is 703. The van der Waals surface area contributed by atoms with E-state index in [9.17, 15) is 4.79 Å². The molecule has 1 fully saturated rings. The van der Waals surface area contributed by atoms with Gasteiger partial charge in [0.05, 0.1) is 20.8 Å². The average molecular weight is 422 g/mol. The molecule has 30 heavy (non-hydrogen) atoms. The van der Waals surface area contributed by atoms with Crippen molar-refractivity contribution in [3.63, 3.8) is 0 Å². The summed E-state index contributed by atoms with van der Waals surface area (Å²) in [6.07, 6.45) is 0. The number of carbonyl (C=O) groups excluding carboxylic acids is 1. The van der Waals surface area contributed by atoms with Crippen molar-refractivity contribution < 1.29 is 19.0 Å². The molecule has 1 saturated heterocycles. The highest BCUT2D eigenvalue weighted by molar-refractivity contribution is 5.84. The molecule has 0 bridgehead atoms. The van der Waals surface area contributed by atoms with E-state index in [2.05, 4.69) is 20.1 Å². The SMILES string of the molecule is COCCNC(=NCC(=O)N(C)C)N1CCN(Cc2cc(OC)ccc2OC)CC1. The third kappa shape index (κ3) is 7.07. The molecule has 0 saturated carbocycles. The summed E-state index contributed by atoms with van der Waals surface area (Å²) in [4.78, 5) is 22.6. The predicted molar refractivity (Wildman–Crippen MR) is 117 cm³/mol. The lowest BCUT2D eigenvalue weighted by atomic mass is 10.1. The minimum Gasteiger partial charge on any atom is -0.497 e. The van der Waals surface area contributed by atoms with Crippen LogP contribution in [0, 0.1) is 0 Å². The fourth-order valence-electron chi connectivity index (χ4n) is 3.18. The van der Waals surface area contributed by atoms with Crippen LogP contribution in [0.15, 0.2) is 23.2 Å². The summed E-state index contributed by atoms with van der Waals surface area (Å²) in [6, 6.07) is 5.87. The first-order valence-electron chi connectivity index (χ1n) is 10.1. The molecule has 1 aromatic rings. The van der Waals surface area contributed by atoms with Gasteiger partial charge in [0.25, 0.3) is 0 Å². The van der Waals surface area contributed by atoms with E-state index in [4.69, 9.17) is 14.2 Å². The molecule has 0 spiro atoms. The summed E-state index contributed by atoms with van der Waals surface area (Å²) in [5, 5.41) is 3.31. The van der Waals surface area contributed by atoms with E-state index in [0.717, 1.165) is 55.7 Å². The molecular formula is C21H35N5O4. The molecule has 0 atom stereocenters. The van der Waals surface area contributed by atoms with Crippen LogP contribution in [0.1, 0.15) is 5.56 Å². The van der Waals surface area contributed by atoms with E-state index in [-0.39, 0.29) is 12.5 Å². The molecule has 0 radical (unpaired) electrons. The number of guanidine groups is 1. The Labute approximate surface area is 179 Å². The quantitative estimate of drug-likeness (QED) is 0.353. The van der Waals surface area contributed by atoms with Crippen LogP contribution in [0.5, 0.6) is 11.5 Å². The zero-order valence-electron chi connectivity index (χ0n) is 18.8. The van der Waals surface area contributed by atoms with Crippen molar-refractivity contribution in [2.75, 3.05) is 81.3 Å². The molecule has 1 amide bonds. The van der Waals surface area contributed by atoms with E-state index >= 15 is 0 Å². The normalized spacial score (nSPS) is 15.1. The molecule has 1 heterocycles. The minimum absolute atomic E-state index is 0.0233. The maximum absolute atomic E-state index is 11.9. The highest BCUT2D eigenvalue weighted by Gasteiger charge is 2.21. The lowest BCUT2D eigenvalue weighted by Gasteiger charge is -2.36. The summed E-state index contributed by atoms with van der Waals surface area (Å²) in [5.41, 5.74) is 1.11. The molecule has 0 aromatic heterocycles. The Kier molecular flexibility index (Phi) is 9.69. The van der Waals surface area contributed by atoms with Gasteiger partial charge in [0.15, 0.2) is 5.96 Å². The van der Waals surface area contributed by atoms with Gasteiger partial charge in [-0.3, -0.25) is 9.69 Å². The summed E-state index contributed by atoms with van der Waals surface area (Å²) in [5.74, 6) is 2.42. The second-order valence-electron chi connectivity index (χ2n) is 7.29. The summed E-state index contributed by atoms with van der Waals surface area (Å²) in [7, 11) is 8.50. The van der Waals surface area contributed by atoms with Gasteiger partial charge in [-0.1, -0.05) is 0 Å². The first-order valence-corrected chi connectivity index (χ1v) is 10.1. The van der Waals surface area contributed by atoms with Gasteiger partial charge < -0.3 is 29.3 Å². The molecule has 168 valence electrons. The van der Waals surface area contributed by atoms with E-state index < -0.39 is 0 Å². The van der Waals surface area contributed by atoms with Crippen molar-refractivity contribution in [1.29, 1.82) is 0 Å². The molecule has 1 N–H and O–H groups in total. The number of hydrogen-bond acceptors (Lipinski definition) is 6. The van der Waals surface area contributed by atoms with Crippen LogP contribution in [0.4, 0.5) is 0 Å². The van der Waals surface area contributed by atoms with Crippen molar-refractivity contribution in [2.24, 2.45) is 4.99 Å². The third-order valence-corrected chi connectivity index (χ3v) is 5.01. The molecule has 9 heteroatoms. The number of nitrogens with zero attached hydrogens (tertiary/aromatic N) is 4. The molecule has 0 unspecified atom stereocenters. The maximum atomic E-state index is 11.9. The monoisotopic (exact) mass is 421 g/mol. The van der Waals surface area contributed by atoms with Crippen molar-refractivity contribution in [3.05, 3.63) is 23.8 Å². The Hall–Kier alpha value is -2.52. The molecular weight excluding hydrogens is 386 g/mol. The molecule has 1 aliphatic rings. The topological polar surface area (TPSA) is 78.9 Å².